The first-order valence-electron chi connectivity index (χ1n) is 6.22. The van der Waals surface area contributed by atoms with Crippen LogP contribution in [-0.2, 0) is 14.8 Å². The van der Waals surface area contributed by atoms with Crippen LogP contribution >= 0.6 is 0 Å². The number of rotatable bonds is 6. The minimum atomic E-state index is -4.10. The molecule has 5 nitrogen and oxygen atoms in total. The zero-order chi connectivity index (χ0) is 15.6. The fourth-order valence-electron chi connectivity index (χ4n) is 1.80. The van der Waals surface area contributed by atoms with Crippen LogP contribution in [0.2, 0.25) is 0 Å². The lowest BCUT2D eigenvalue weighted by atomic mass is 9.95. The molecule has 0 heterocycles. The smallest absolute Gasteiger partial charge is 0.324 e. The molecule has 2 N–H and O–H groups in total. The van der Waals surface area contributed by atoms with Crippen LogP contribution in [-0.4, -0.2) is 25.0 Å². The number of aryl methyl sites for hydroxylation is 1. The van der Waals surface area contributed by atoms with Crippen LogP contribution in [0.3, 0.4) is 0 Å². The van der Waals surface area contributed by atoms with Crippen LogP contribution in [0.1, 0.15) is 32.3 Å². The van der Waals surface area contributed by atoms with Crippen LogP contribution < -0.4 is 4.72 Å². The van der Waals surface area contributed by atoms with Gasteiger partial charge in [-0.25, -0.2) is 12.8 Å². The number of hydrogen-bond donors (Lipinski definition) is 2. The highest BCUT2D eigenvalue weighted by molar-refractivity contribution is 7.89. The normalized spacial score (nSPS) is 12.4. The fourth-order valence-corrected chi connectivity index (χ4v) is 3.31. The largest absolute Gasteiger partial charge is 0.480 e. The summed E-state index contributed by atoms with van der Waals surface area (Å²) < 4.78 is 40.0. The summed E-state index contributed by atoms with van der Waals surface area (Å²) >= 11 is 0. The van der Waals surface area contributed by atoms with Gasteiger partial charge in [-0.1, -0.05) is 19.9 Å². The van der Waals surface area contributed by atoms with Crippen molar-refractivity contribution in [1.82, 2.24) is 4.72 Å². The molecule has 1 aromatic carbocycles. The Morgan fingerprint density at radius 2 is 1.90 bits per heavy atom. The van der Waals surface area contributed by atoms with Crippen molar-refractivity contribution in [3.8, 4) is 0 Å². The Morgan fingerprint density at radius 3 is 2.30 bits per heavy atom. The van der Waals surface area contributed by atoms with E-state index >= 15 is 0 Å². The maximum absolute atomic E-state index is 13.5. The molecular weight excluding hydrogens is 285 g/mol. The summed E-state index contributed by atoms with van der Waals surface area (Å²) in [5.41, 5.74) is -1.26. The summed E-state index contributed by atoms with van der Waals surface area (Å²) in [4.78, 5) is 11.0. The maximum Gasteiger partial charge on any atom is 0.324 e. The van der Waals surface area contributed by atoms with E-state index < -0.39 is 27.3 Å². The van der Waals surface area contributed by atoms with E-state index in [0.29, 0.717) is 5.56 Å². The van der Waals surface area contributed by atoms with Gasteiger partial charge in [-0.3, -0.25) is 4.79 Å². The third kappa shape index (κ3) is 3.16. The lowest BCUT2D eigenvalue weighted by molar-refractivity contribution is -0.144. The first-order valence-corrected chi connectivity index (χ1v) is 7.70. The number of carboxylic acid groups (broad SMARTS) is 1. The highest BCUT2D eigenvalue weighted by atomic mass is 32.2. The molecule has 0 radical (unpaired) electrons. The van der Waals surface area contributed by atoms with Crippen molar-refractivity contribution in [2.45, 2.75) is 44.0 Å². The second kappa shape index (κ2) is 5.88. The van der Waals surface area contributed by atoms with Crippen molar-refractivity contribution in [3.05, 3.63) is 29.6 Å². The number of carboxylic acids is 1. The van der Waals surface area contributed by atoms with Crippen LogP contribution in [0, 0.1) is 12.7 Å². The van der Waals surface area contributed by atoms with Gasteiger partial charge in [0.05, 0.1) is 4.90 Å². The molecule has 1 aromatic rings. The average Bonchev–Trinajstić information content (AvgIpc) is 2.38. The summed E-state index contributed by atoms with van der Waals surface area (Å²) in [6, 6.07) is 3.47. The summed E-state index contributed by atoms with van der Waals surface area (Å²) in [7, 11) is -4.10. The van der Waals surface area contributed by atoms with Crippen LogP contribution in [0.15, 0.2) is 23.1 Å². The Balaban J connectivity index is 3.23. The van der Waals surface area contributed by atoms with E-state index in [0.717, 1.165) is 6.07 Å². The van der Waals surface area contributed by atoms with Gasteiger partial charge in [0.1, 0.15) is 11.4 Å². The van der Waals surface area contributed by atoms with E-state index in [4.69, 9.17) is 0 Å². The van der Waals surface area contributed by atoms with Gasteiger partial charge < -0.3 is 5.11 Å². The first kappa shape index (κ1) is 16.6. The molecule has 0 aliphatic rings. The molecule has 0 aliphatic heterocycles. The topological polar surface area (TPSA) is 83.5 Å². The van der Waals surface area contributed by atoms with Gasteiger partial charge in [0.25, 0.3) is 0 Å². The molecule has 0 atom stereocenters. The van der Waals surface area contributed by atoms with Crippen LogP contribution in [0.25, 0.3) is 0 Å². The summed E-state index contributed by atoms with van der Waals surface area (Å²) in [5, 5.41) is 9.23. The minimum absolute atomic E-state index is 0.0897. The van der Waals surface area contributed by atoms with E-state index in [2.05, 4.69) is 4.72 Å². The van der Waals surface area contributed by atoms with Crippen molar-refractivity contribution in [2.75, 3.05) is 0 Å². The van der Waals surface area contributed by atoms with Crippen molar-refractivity contribution in [2.24, 2.45) is 0 Å². The number of aliphatic carboxylic acids is 1. The molecule has 20 heavy (non-hydrogen) atoms. The molecular formula is C13H18FNO4S. The number of sulfonamides is 1. The van der Waals surface area contributed by atoms with Gasteiger partial charge in [-0.2, -0.15) is 4.72 Å². The second-order valence-corrected chi connectivity index (χ2v) is 6.29. The summed E-state index contributed by atoms with van der Waals surface area (Å²) in [6.07, 6.45) is 0.179. The van der Waals surface area contributed by atoms with E-state index in [1.165, 1.54) is 19.1 Å². The van der Waals surface area contributed by atoms with Gasteiger partial charge in [-0.15, -0.1) is 0 Å². The fraction of sp³-hybridized carbons (Fsp3) is 0.462. The number of halogens is 1. The zero-order valence-electron chi connectivity index (χ0n) is 11.6. The Bertz CT molecular complexity index is 609. The summed E-state index contributed by atoms with van der Waals surface area (Å²) in [5.74, 6) is -1.90. The van der Waals surface area contributed by atoms with Gasteiger partial charge in [-0.05, 0) is 37.5 Å². The number of benzene rings is 1. The highest BCUT2D eigenvalue weighted by Gasteiger charge is 2.39. The number of nitrogens with one attached hydrogen (secondary N) is 1. The van der Waals surface area contributed by atoms with E-state index in [1.807, 2.05) is 0 Å². The SMILES string of the molecule is CCC(CC)(NS(=O)(=O)c1ccc(C)c(F)c1)C(=O)O. The quantitative estimate of drug-likeness (QED) is 0.842. The summed E-state index contributed by atoms with van der Waals surface area (Å²) in [6.45, 7) is 4.67. The zero-order valence-corrected chi connectivity index (χ0v) is 12.4. The van der Waals surface area contributed by atoms with Crippen LogP contribution in [0.5, 0.6) is 0 Å². The Kier molecular flexibility index (Phi) is 4.88. The molecule has 0 bridgehead atoms. The molecule has 7 heteroatoms. The Morgan fingerprint density at radius 1 is 1.35 bits per heavy atom. The molecule has 0 unspecified atom stereocenters. The predicted octanol–water partition coefficient (Wildman–Crippen LogP) is 2.06. The number of hydrogen-bond acceptors (Lipinski definition) is 3. The molecule has 1 rings (SSSR count). The van der Waals surface area contributed by atoms with Gasteiger partial charge in [0.15, 0.2) is 0 Å². The van der Waals surface area contributed by atoms with E-state index in [9.17, 15) is 22.7 Å². The molecule has 0 spiro atoms. The third-order valence-electron chi connectivity index (χ3n) is 3.40. The Hall–Kier alpha value is -1.47. The average molecular weight is 303 g/mol. The molecule has 0 aliphatic carbocycles. The van der Waals surface area contributed by atoms with Crippen molar-refractivity contribution >= 4 is 16.0 Å². The van der Waals surface area contributed by atoms with E-state index in [1.54, 1.807) is 13.8 Å². The maximum atomic E-state index is 13.5. The predicted molar refractivity (Wildman–Crippen MR) is 72.4 cm³/mol. The van der Waals surface area contributed by atoms with Crippen LogP contribution in [0.4, 0.5) is 4.39 Å². The molecule has 0 amide bonds. The van der Waals surface area contributed by atoms with Gasteiger partial charge in [0, 0.05) is 0 Å². The second-order valence-electron chi connectivity index (χ2n) is 4.61. The third-order valence-corrected chi connectivity index (χ3v) is 4.93. The van der Waals surface area contributed by atoms with Crippen molar-refractivity contribution in [3.63, 3.8) is 0 Å². The monoisotopic (exact) mass is 303 g/mol. The molecule has 0 aromatic heterocycles. The van der Waals surface area contributed by atoms with Gasteiger partial charge >= 0.3 is 5.97 Å². The number of carbonyl (C=O) groups is 1. The first-order chi connectivity index (χ1) is 9.18. The molecule has 0 fully saturated rings. The Labute approximate surface area is 117 Å². The molecule has 0 saturated heterocycles. The van der Waals surface area contributed by atoms with Crippen molar-refractivity contribution in [1.29, 1.82) is 0 Å². The molecule has 112 valence electrons. The standard InChI is InChI=1S/C13H18FNO4S/c1-4-13(5-2,12(16)17)15-20(18,19)10-7-6-9(3)11(14)8-10/h6-8,15H,4-5H2,1-3H3,(H,16,17). The highest BCUT2D eigenvalue weighted by Crippen LogP contribution is 2.21. The van der Waals surface area contributed by atoms with Crippen molar-refractivity contribution < 1.29 is 22.7 Å². The van der Waals surface area contributed by atoms with E-state index in [-0.39, 0.29) is 17.7 Å². The lowest BCUT2D eigenvalue weighted by Gasteiger charge is -2.27. The molecule has 0 saturated carbocycles. The van der Waals surface area contributed by atoms with Gasteiger partial charge in [0.2, 0.25) is 10.0 Å². The lowest BCUT2D eigenvalue weighted by Crippen LogP contribution is -2.53. The minimum Gasteiger partial charge on any atom is -0.480 e.